The van der Waals surface area contributed by atoms with E-state index >= 15 is 0 Å². The van der Waals surface area contributed by atoms with Gasteiger partial charge in [-0.15, -0.1) is 0 Å². The Balaban J connectivity index is 2.79. The first-order valence-electron chi connectivity index (χ1n) is 5.59. The van der Waals surface area contributed by atoms with Gasteiger partial charge in [0.25, 0.3) is 10.2 Å². The van der Waals surface area contributed by atoms with E-state index in [4.69, 9.17) is 0 Å². The number of hydrogen-bond acceptors (Lipinski definition) is 2. The number of benzene rings is 1. The molecule has 1 rings (SSSR count). The zero-order valence-electron chi connectivity index (χ0n) is 10.3. The van der Waals surface area contributed by atoms with Gasteiger partial charge < -0.3 is 0 Å². The van der Waals surface area contributed by atoms with Crippen LogP contribution < -0.4 is 4.72 Å². The van der Waals surface area contributed by atoms with Crippen molar-refractivity contribution in [2.24, 2.45) is 0 Å². The lowest BCUT2D eigenvalue weighted by Crippen LogP contribution is -2.40. The largest absolute Gasteiger partial charge is 0.279 e. The molecule has 0 aromatic heterocycles. The zero-order valence-corrected chi connectivity index (χ0v) is 12.7. The SMILES string of the molecule is CCN(CC)S(=O)(=O)NCc1cc(Br)ccc1F. The molecule has 0 aliphatic rings. The molecule has 0 heterocycles. The van der Waals surface area contributed by atoms with Crippen LogP contribution in [0.4, 0.5) is 4.39 Å². The van der Waals surface area contributed by atoms with Gasteiger partial charge in [-0.05, 0) is 18.2 Å². The number of nitrogens with one attached hydrogen (secondary N) is 1. The van der Waals surface area contributed by atoms with Crippen LogP contribution >= 0.6 is 15.9 Å². The van der Waals surface area contributed by atoms with Crippen molar-refractivity contribution in [3.63, 3.8) is 0 Å². The first-order chi connectivity index (χ1) is 8.40. The molecule has 0 atom stereocenters. The van der Waals surface area contributed by atoms with Gasteiger partial charge in [0.05, 0.1) is 0 Å². The molecule has 1 aromatic rings. The molecular formula is C11H16BrFN2O2S. The highest BCUT2D eigenvalue weighted by Gasteiger charge is 2.18. The van der Waals surface area contributed by atoms with Gasteiger partial charge in [-0.3, -0.25) is 0 Å². The van der Waals surface area contributed by atoms with Crippen molar-refractivity contribution >= 4 is 26.1 Å². The van der Waals surface area contributed by atoms with Crippen molar-refractivity contribution in [2.45, 2.75) is 20.4 Å². The maximum Gasteiger partial charge on any atom is 0.279 e. The molecule has 7 heteroatoms. The predicted molar refractivity (Wildman–Crippen MR) is 72.8 cm³/mol. The van der Waals surface area contributed by atoms with Crippen LogP contribution in [-0.4, -0.2) is 25.8 Å². The molecule has 0 radical (unpaired) electrons. The van der Waals surface area contributed by atoms with E-state index < -0.39 is 16.0 Å². The van der Waals surface area contributed by atoms with Crippen LogP contribution in [0.3, 0.4) is 0 Å². The third-order valence-electron chi connectivity index (χ3n) is 2.50. The molecule has 0 aliphatic heterocycles. The summed E-state index contributed by atoms with van der Waals surface area (Å²) in [5, 5.41) is 0. The van der Waals surface area contributed by atoms with E-state index in [2.05, 4.69) is 20.7 Å². The molecule has 0 bridgehead atoms. The molecule has 0 unspecified atom stereocenters. The predicted octanol–water partition coefficient (Wildman–Crippen LogP) is 2.26. The summed E-state index contributed by atoms with van der Waals surface area (Å²) in [6.07, 6.45) is 0. The van der Waals surface area contributed by atoms with Crippen LogP contribution in [0.15, 0.2) is 22.7 Å². The maximum absolute atomic E-state index is 13.4. The molecule has 0 spiro atoms. The Labute approximate surface area is 115 Å². The van der Waals surface area contributed by atoms with Crippen LogP contribution in [0.25, 0.3) is 0 Å². The summed E-state index contributed by atoms with van der Waals surface area (Å²) in [4.78, 5) is 0. The molecule has 0 aliphatic carbocycles. The lowest BCUT2D eigenvalue weighted by molar-refractivity contribution is 0.434. The average molecular weight is 339 g/mol. The van der Waals surface area contributed by atoms with Gasteiger partial charge in [-0.25, -0.2) is 4.39 Å². The Morgan fingerprint density at radius 1 is 1.33 bits per heavy atom. The summed E-state index contributed by atoms with van der Waals surface area (Å²) in [6, 6.07) is 4.42. The Bertz CT molecular complexity index is 504. The summed E-state index contributed by atoms with van der Waals surface area (Å²) >= 11 is 3.22. The summed E-state index contributed by atoms with van der Waals surface area (Å²) in [5.74, 6) is -0.430. The summed E-state index contributed by atoms with van der Waals surface area (Å²) in [5.41, 5.74) is 0.306. The Morgan fingerprint density at radius 3 is 2.50 bits per heavy atom. The molecule has 18 heavy (non-hydrogen) atoms. The van der Waals surface area contributed by atoms with Crippen LogP contribution in [0, 0.1) is 5.82 Å². The molecule has 0 saturated carbocycles. The van der Waals surface area contributed by atoms with Gasteiger partial charge in [0.1, 0.15) is 5.82 Å². The number of rotatable bonds is 6. The minimum Gasteiger partial charge on any atom is -0.207 e. The van der Waals surface area contributed by atoms with Crippen LogP contribution in [0.5, 0.6) is 0 Å². The van der Waals surface area contributed by atoms with E-state index in [9.17, 15) is 12.8 Å². The Morgan fingerprint density at radius 2 is 1.94 bits per heavy atom. The molecule has 1 N–H and O–H groups in total. The standard InChI is InChI=1S/C11H16BrFN2O2S/c1-3-15(4-2)18(16,17)14-8-9-7-10(12)5-6-11(9)13/h5-7,14H,3-4,8H2,1-2H3. The van der Waals surface area contributed by atoms with E-state index in [0.29, 0.717) is 23.1 Å². The molecule has 0 amide bonds. The van der Waals surface area contributed by atoms with E-state index in [0.717, 1.165) is 0 Å². The van der Waals surface area contributed by atoms with Crippen LogP contribution in [0.2, 0.25) is 0 Å². The van der Waals surface area contributed by atoms with E-state index in [1.165, 1.54) is 10.4 Å². The molecular weight excluding hydrogens is 323 g/mol. The van der Waals surface area contributed by atoms with Crippen molar-refractivity contribution in [1.29, 1.82) is 0 Å². The highest BCUT2D eigenvalue weighted by molar-refractivity contribution is 9.10. The second-order valence-electron chi connectivity index (χ2n) is 3.65. The molecule has 0 fully saturated rings. The van der Waals surface area contributed by atoms with E-state index in [-0.39, 0.29) is 6.54 Å². The first-order valence-corrected chi connectivity index (χ1v) is 7.82. The van der Waals surface area contributed by atoms with Gasteiger partial charge in [-0.2, -0.15) is 17.4 Å². The van der Waals surface area contributed by atoms with Crippen molar-refractivity contribution < 1.29 is 12.8 Å². The molecule has 0 saturated heterocycles. The van der Waals surface area contributed by atoms with Crippen molar-refractivity contribution in [2.75, 3.05) is 13.1 Å². The average Bonchev–Trinajstić information content (AvgIpc) is 2.31. The van der Waals surface area contributed by atoms with Gasteiger partial charge in [0, 0.05) is 29.7 Å². The first kappa shape index (κ1) is 15.6. The molecule has 4 nitrogen and oxygen atoms in total. The molecule has 1 aromatic carbocycles. The fourth-order valence-corrected chi connectivity index (χ4v) is 3.11. The second-order valence-corrected chi connectivity index (χ2v) is 6.32. The minimum absolute atomic E-state index is 0.0654. The normalized spacial score (nSPS) is 12.1. The number of hydrogen-bond donors (Lipinski definition) is 1. The van der Waals surface area contributed by atoms with Crippen molar-refractivity contribution in [3.05, 3.63) is 34.1 Å². The minimum atomic E-state index is -3.55. The molecule has 102 valence electrons. The van der Waals surface area contributed by atoms with Gasteiger partial charge in [0.2, 0.25) is 0 Å². The monoisotopic (exact) mass is 338 g/mol. The highest BCUT2D eigenvalue weighted by atomic mass is 79.9. The topological polar surface area (TPSA) is 49.4 Å². The summed E-state index contributed by atoms with van der Waals surface area (Å²) in [6.45, 7) is 4.20. The third kappa shape index (κ3) is 4.01. The number of halogens is 2. The van der Waals surface area contributed by atoms with Crippen LogP contribution in [0.1, 0.15) is 19.4 Å². The smallest absolute Gasteiger partial charge is 0.207 e. The van der Waals surface area contributed by atoms with Gasteiger partial charge in [-0.1, -0.05) is 29.8 Å². The van der Waals surface area contributed by atoms with Gasteiger partial charge in [0.15, 0.2) is 0 Å². The van der Waals surface area contributed by atoms with Crippen molar-refractivity contribution in [1.82, 2.24) is 9.03 Å². The summed E-state index contributed by atoms with van der Waals surface area (Å²) < 4.78 is 41.5. The van der Waals surface area contributed by atoms with Crippen LogP contribution in [-0.2, 0) is 16.8 Å². The lowest BCUT2D eigenvalue weighted by atomic mass is 10.2. The highest BCUT2D eigenvalue weighted by Crippen LogP contribution is 2.15. The fourth-order valence-electron chi connectivity index (χ4n) is 1.50. The lowest BCUT2D eigenvalue weighted by Gasteiger charge is -2.18. The quantitative estimate of drug-likeness (QED) is 0.864. The zero-order chi connectivity index (χ0) is 13.8. The third-order valence-corrected chi connectivity index (χ3v) is 4.70. The second kappa shape index (κ2) is 6.60. The van der Waals surface area contributed by atoms with E-state index in [1.807, 2.05) is 0 Å². The fraction of sp³-hybridized carbons (Fsp3) is 0.455. The van der Waals surface area contributed by atoms with Gasteiger partial charge >= 0.3 is 0 Å². The summed E-state index contributed by atoms with van der Waals surface area (Å²) in [7, 11) is -3.55. The van der Waals surface area contributed by atoms with Crippen molar-refractivity contribution in [3.8, 4) is 0 Å². The van der Waals surface area contributed by atoms with E-state index in [1.54, 1.807) is 26.0 Å². The maximum atomic E-state index is 13.4. The number of nitrogens with zero attached hydrogens (tertiary/aromatic N) is 1. The Hall–Kier alpha value is -0.500. The Kier molecular flexibility index (Phi) is 5.71.